The average Bonchev–Trinajstić information content (AvgIpc) is 2.72. The summed E-state index contributed by atoms with van der Waals surface area (Å²) in [5.74, 6) is -0.955. The van der Waals surface area contributed by atoms with E-state index < -0.39 is 11.4 Å². The van der Waals surface area contributed by atoms with Crippen LogP contribution in [0.25, 0.3) is 0 Å². The Morgan fingerprint density at radius 1 is 1.11 bits per heavy atom. The zero-order valence-electron chi connectivity index (χ0n) is 10.8. The predicted molar refractivity (Wildman–Crippen MR) is 69.4 cm³/mol. The zero-order valence-corrected chi connectivity index (χ0v) is 10.8. The highest BCUT2D eigenvalue weighted by Gasteiger charge is 2.50. The van der Waals surface area contributed by atoms with E-state index in [4.69, 9.17) is 4.74 Å². The van der Waals surface area contributed by atoms with Gasteiger partial charge in [0.15, 0.2) is 0 Å². The molecule has 4 heteroatoms. The van der Waals surface area contributed by atoms with E-state index >= 15 is 0 Å². The summed E-state index contributed by atoms with van der Waals surface area (Å²) in [4.78, 5) is 25.4. The monoisotopic (exact) mass is 259 g/mol. The Hall–Kier alpha value is -1.68. The smallest absolute Gasteiger partial charge is 0.375 e. The van der Waals surface area contributed by atoms with E-state index in [1.807, 2.05) is 18.2 Å². The third-order valence-electron chi connectivity index (χ3n) is 4.21. The Bertz CT molecular complexity index is 489. The van der Waals surface area contributed by atoms with Gasteiger partial charge < -0.3 is 4.74 Å². The van der Waals surface area contributed by atoms with E-state index in [-0.39, 0.29) is 12.4 Å². The lowest BCUT2D eigenvalue weighted by Gasteiger charge is -2.36. The van der Waals surface area contributed by atoms with Crippen LogP contribution in [0.15, 0.2) is 30.3 Å². The minimum absolute atomic E-state index is 0.282. The number of Topliss-reactive ketones (excluding diaryl/α,β-unsaturated/α-hetero) is 1. The largest absolute Gasteiger partial charge is 0.459 e. The Morgan fingerprint density at radius 2 is 1.79 bits per heavy atom. The SMILES string of the molecule is O=C1OCC2(CCN(Cc3ccccc3)CC2)C1=O. The first-order valence-corrected chi connectivity index (χ1v) is 6.67. The van der Waals surface area contributed by atoms with Gasteiger partial charge in [0.1, 0.15) is 6.61 Å². The van der Waals surface area contributed by atoms with Crippen LogP contribution in [0.1, 0.15) is 18.4 Å². The van der Waals surface area contributed by atoms with Gasteiger partial charge in [-0.25, -0.2) is 4.79 Å². The van der Waals surface area contributed by atoms with Crippen molar-refractivity contribution in [1.82, 2.24) is 4.90 Å². The molecule has 19 heavy (non-hydrogen) atoms. The molecule has 0 bridgehead atoms. The van der Waals surface area contributed by atoms with Crippen molar-refractivity contribution < 1.29 is 14.3 Å². The summed E-state index contributed by atoms with van der Waals surface area (Å²) in [7, 11) is 0. The maximum absolute atomic E-state index is 11.9. The van der Waals surface area contributed by atoms with Crippen molar-refractivity contribution >= 4 is 11.8 Å². The highest BCUT2D eigenvalue weighted by atomic mass is 16.5. The highest BCUT2D eigenvalue weighted by Crippen LogP contribution is 2.37. The average molecular weight is 259 g/mol. The lowest BCUT2D eigenvalue weighted by atomic mass is 9.77. The number of carbonyl (C=O) groups excluding carboxylic acids is 2. The number of cyclic esters (lactones) is 1. The number of likely N-dealkylation sites (tertiary alicyclic amines) is 1. The lowest BCUT2D eigenvalue weighted by molar-refractivity contribution is -0.148. The van der Waals surface area contributed by atoms with Crippen LogP contribution in [-0.4, -0.2) is 36.3 Å². The van der Waals surface area contributed by atoms with Gasteiger partial charge in [0.25, 0.3) is 0 Å². The van der Waals surface area contributed by atoms with Crippen molar-refractivity contribution in [2.45, 2.75) is 19.4 Å². The van der Waals surface area contributed by atoms with Crippen LogP contribution in [0.2, 0.25) is 0 Å². The Morgan fingerprint density at radius 3 is 2.37 bits per heavy atom. The molecule has 2 fully saturated rings. The molecule has 0 atom stereocenters. The first-order chi connectivity index (χ1) is 9.20. The lowest BCUT2D eigenvalue weighted by Crippen LogP contribution is -2.44. The van der Waals surface area contributed by atoms with Crippen LogP contribution in [0, 0.1) is 5.41 Å². The number of esters is 1. The fraction of sp³-hybridized carbons (Fsp3) is 0.467. The minimum Gasteiger partial charge on any atom is -0.459 e. The third-order valence-corrected chi connectivity index (χ3v) is 4.21. The van der Waals surface area contributed by atoms with Crippen LogP contribution in [0.5, 0.6) is 0 Å². The predicted octanol–water partition coefficient (Wildman–Crippen LogP) is 1.39. The van der Waals surface area contributed by atoms with Crippen molar-refractivity contribution in [3.8, 4) is 0 Å². The molecule has 2 aliphatic heterocycles. The number of piperidine rings is 1. The number of nitrogens with zero attached hydrogens (tertiary/aromatic N) is 1. The van der Waals surface area contributed by atoms with Crippen LogP contribution < -0.4 is 0 Å². The van der Waals surface area contributed by atoms with Gasteiger partial charge in [-0.3, -0.25) is 9.69 Å². The summed E-state index contributed by atoms with van der Waals surface area (Å²) in [5, 5.41) is 0. The van der Waals surface area contributed by atoms with E-state index in [0.717, 1.165) is 32.5 Å². The molecule has 100 valence electrons. The van der Waals surface area contributed by atoms with Crippen molar-refractivity contribution in [3.05, 3.63) is 35.9 Å². The quantitative estimate of drug-likeness (QED) is 0.595. The maximum atomic E-state index is 11.9. The van der Waals surface area contributed by atoms with Crippen molar-refractivity contribution in [2.24, 2.45) is 5.41 Å². The topological polar surface area (TPSA) is 46.6 Å². The van der Waals surface area contributed by atoms with Gasteiger partial charge in [-0.2, -0.15) is 0 Å². The summed E-state index contributed by atoms with van der Waals surface area (Å²) in [6, 6.07) is 10.3. The molecule has 2 saturated heterocycles. The van der Waals surface area contributed by atoms with E-state index in [9.17, 15) is 9.59 Å². The number of benzene rings is 1. The standard InChI is InChI=1S/C15H17NO3/c17-13-14(18)19-11-15(13)6-8-16(9-7-15)10-12-4-2-1-3-5-12/h1-5H,6-11H2. The Labute approximate surface area is 112 Å². The molecule has 0 aromatic heterocycles. The minimum atomic E-state index is -0.642. The van der Waals surface area contributed by atoms with Gasteiger partial charge in [0.2, 0.25) is 5.78 Å². The number of ketones is 1. The first kappa shape index (κ1) is 12.4. The third kappa shape index (κ3) is 2.28. The molecule has 0 saturated carbocycles. The van der Waals surface area contributed by atoms with E-state index in [0.29, 0.717) is 0 Å². The molecular formula is C15H17NO3. The Balaban J connectivity index is 1.61. The molecule has 2 heterocycles. The number of ether oxygens (including phenoxy) is 1. The molecule has 0 amide bonds. The molecule has 2 aliphatic rings. The Kier molecular flexibility index (Phi) is 3.11. The fourth-order valence-electron chi connectivity index (χ4n) is 2.90. The molecule has 0 N–H and O–H groups in total. The molecule has 3 rings (SSSR count). The molecular weight excluding hydrogens is 242 g/mol. The summed E-state index contributed by atoms with van der Waals surface area (Å²) in [5.41, 5.74) is 0.758. The van der Waals surface area contributed by atoms with Gasteiger partial charge in [-0.15, -0.1) is 0 Å². The zero-order chi connectivity index (χ0) is 13.3. The van der Waals surface area contributed by atoms with Gasteiger partial charge in [0.05, 0.1) is 5.41 Å². The van der Waals surface area contributed by atoms with Crippen LogP contribution in [-0.2, 0) is 20.9 Å². The van der Waals surface area contributed by atoms with Crippen molar-refractivity contribution in [2.75, 3.05) is 19.7 Å². The van der Waals surface area contributed by atoms with Gasteiger partial charge >= 0.3 is 5.97 Å². The second-order valence-electron chi connectivity index (χ2n) is 5.45. The van der Waals surface area contributed by atoms with Gasteiger partial charge in [0, 0.05) is 6.54 Å². The second kappa shape index (κ2) is 4.78. The van der Waals surface area contributed by atoms with Crippen LogP contribution in [0.3, 0.4) is 0 Å². The van der Waals surface area contributed by atoms with E-state index in [1.54, 1.807) is 0 Å². The molecule has 1 aromatic rings. The number of hydrogen-bond acceptors (Lipinski definition) is 4. The van der Waals surface area contributed by atoms with Gasteiger partial charge in [-0.1, -0.05) is 30.3 Å². The normalized spacial score (nSPS) is 22.7. The summed E-state index contributed by atoms with van der Waals surface area (Å²) >= 11 is 0. The summed E-state index contributed by atoms with van der Waals surface area (Å²) in [6.45, 7) is 2.87. The van der Waals surface area contributed by atoms with Crippen LogP contribution in [0.4, 0.5) is 0 Å². The molecule has 0 radical (unpaired) electrons. The van der Waals surface area contributed by atoms with E-state index in [1.165, 1.54) is 5.56 Å². The van der Waals surface area contributed by atoms with Crippen molar-refractivity contribution in [3.63, 3.8) is 0 Å². The molecule has 1 aromatic carbocycles. The van der Waals surface area contributed by atoms with Crippen molar-refractivity contribution in [1.29, 1.82) is 0 Å². The number of rotatable bonds is 2. The molecule has 1 spiro atoms. The molecule has 4 nitrogen and oxygen atoms in total. The molecule has 0 aliphatic carbocycles. The van der Waals surface area contributed by atoms with Crippen LogP contribution >= 0.6 is 0 Å². The second-order valence-corrected chi connectivity index (χ2v) is 5.45. The van der Waals surface area contributed by atoms with E-state index in [2.05, 4.69) is 17.0 Å². The maximum Gasteiger partial charge on any atom is 0.375 e. The number of carbonyl (C=O) groups is 2. The van der Waals surface area contributed by atoms with Gasteiger partial charge in [-0.05, 0) is 31.5 Å². The first-order valence-electron chi connectivity index (χ1n) is 6.67. The number of hydrogen-bond donors (Lipinski definition) is 0. The summed E-state index contributed by atoms with van der Waals surface area (Å²) in [6.07, 6.45) is 1.45. The fourth-order valence-corrected chi connectivity index (χ4v) is 2.90. The molecule has 0 unspecified atom stereocenters. The summed E-state index contributed by atoms with van der Waals surface area (Å²) < 4.78 is 4.90. The highest BCUT2D eigenvalue weighted by molar-refractivity contribution is 6.37.